The molecule has 0 radical (unpaired) electrons. The van der Waals surface area contributed by atoms with Gasteiger partial charge in [-0.15, -0.1) is 0 Å². The molecule has 1 aliphatic rings. The van der Waals surface area contributed by atoms with Crippen molar-refractivity contribution in [1.82, 2.24) is 10.2 Å². The zero-order chi connectivity index (χ0) is 19.3. The lowest BCUT2D eigenvalue weighted by Crippen LogP contribution is -2.49. The molecule has 0 unspecified atom stereocenters. The van der Waals surface area contributed by atoms with Crippen LogP contribution in [-0.4, -0.2) is 43.7 Å². The van der Waals surface area contributed by atoms with E-state index >= 15 is 0 Å². The number of amides is 1. The zero-order valence-corrected chi connectivity index (χ0v) is 15.1. The molecule has 1 aliphatic carbocycles. The molecule has 1 saturated carbocycles. The number of nitrogens with one attached hydrogen (secondary N) is 1. The second-order valence-corrected chi connectivity index (χ2v) is 6.67. The number of likely N-dealkylation sites (N-methyl/N-ethyl adjacent to an activating group) is 1. The highest BCUT2D eigenvalue weighted by Gasteiger charge is 2.43. The maximum absolute atomic E-state index is 12.4. The number of benzene rings is 1. The van der Waals surface area contributed by atoms with E-state index in [0.29, 0.717) is 6.54 Å². The van der Waals surface area contributed by atoms with Crippen LogP contribution in [-0.2, 0) is 11.3 Å². The van der Waals surface area contributed by atoms with Crippen molar-refractivity contribution in [2.45, 2.75) is 38.5 Å². The first kappa shape index (κ1) is 19.9. The largest absolute Gasteiger partial charge is 0.493 e. The first-order valence-corrected chi connectivity index (χ1v) is 8.30. The fraction of sp³-hybridized carbons (Fsp3) is 0.556. The van der Waals surface area contributed by atoms with E-state index in [-0.39, 0.29) is 29.9 Å². The summed E-state index contributed by atoms with van der Waals surface area (Å²) in [6.45, 7) is -0.663. The van der Waals surface area contributed by atoms with E-state index in [2.05, 4.69) is 16.1 Å². The fourth-order valence-electron chi connectivity index (χ4n) is 2.83. The van der Waals surface area contributed by atoms with Crippen LogP contribution in [0.1, 0.15) is 25.3 Å². The minimum absolute atomic E-state index is 0.0409. The summed E-state index contributed by atoms with van der Waals surface area (Å²) in [6.07, 6.45) is 1.90. The molecule has 0 aromatic heterocycles. The van der Waals surface area contributed by atoms with Gasteiger partial charge in [0.05, 0.1) is 19.7 Å². The summed E-state index contributed by atoms with van der Waals surface area (Å²) in [5.74, 6) is 0.147. The molecule has 0 spiro atoms. The molecule has 2 rings (SSSR count). The molecule has 1 fully saturated rings. The first-order chi connectivity index (χ1) is 12.3. The van der Waals surface area contributed by atoms with Crippen LogP contribution in [0.4, 0.5) is 8.78 Å². The maximum atomic E-state index is 12.4. The Morgan fingerprint density at radius 1 is 1.46 bits per heavy atom. The highest BCUT2D eigenvalue weighted by Crippen LogP contribution is 2.39. The SMILES string of the molecule is COc1cc(CN(C)CC(=O)N[C@](C)(C#N)C2CC2)ccc1OC(F)F. The van der Waals surface area contributed by atoms with Gasteiger partial charge in [0.15, 0.2) is 11.5 Å². The number of nitrogens with zero attached hydrogens (tertiary/aromatic N) is 2. The third kappa shape index (κ3) is 5.30. The molecule has 1 aromatic rings. The van der Waals surface area contributed by atoms with Crippen LogP contribution in [0.15, 0.2) is 18.2 Å². The Kier molecular flexibility index (Phi) is 6.37. The monoisotopic (exact) mass is 367 g/mol. The fourth-order valence-corrected chi connectivity index (χ4v) is 2.83. The lowest BCUT2D eigenvalue weighted by molar-refractivity contribution is -0.123. The number of carbonyl (C=O) groups is 1. The minimum Gasteiger partial charge on any atom is -0.493 e. The predicted molar refractivity (Wildman–Crippen MR) is 90.8 cm³/mol. The van der Waals surface area contributed by atoms with E-state index < -0.39 is 12.2 Å². The maximum Gasteiger partial charge on any atom is 0.387 e. The summed E-state index contributed by atoms with van der Waals surface area (Å²) in [5, 5.41) is 12.1. The number of alkyl halides is 2. The number of carbonyl (C=O) groups excluding carboxylic acids is 1. The quantitative estimate of drug-likeness (QED) is 0.726. The van der Waals surface area contributed by atoms with Gasteiger partial charge in [0.1, 0.15) is 5.54 Å². The van der Waals surface area contributed by atoms with Crippen LogP contribution >= 0.6 is 0 Å². The molecule has 1 aromatic carbocycles. The Morgan fingerprint density at radius 2 is 2.15 bits per heavy atom. The van der Waals surface area contributed by atoms with Crippen molar-refractivity contribution in [3.63, 3.8) is 0 Å². The van der Waals surface area contributed by atoms with Gasteiger partial charge in [-0.25, -0.2) is 0 Å². The van der Waals surface area contributed by atoms with Gasteiger partial charge in [-0.3, -0.25) is 9.69 Å². The molecule has 26 heavy (non-hydrogen) atoms. The van der Waals surface area contributed by atoms with Crippen LogP contribution in [0.2, 0.25) is 0 Å². The first-order valence-electron chi connectivity index (χ1n) is 8.30. The number of rotatable bonds is 9. The Labute approximate surface area is 151 Å². The molecule has 0 bridgehead atoms. The van der Waals surface area contributed by atoms with Crippen molar-refractivity contribution in [3.8, 4) is 17.6 Å². The van der Waals surface area contributed by atoms with E-state index in [1.165, 1.54) is 13.2 Å². The lowest BCUT2D eigenvalue weighted by Gasteiger charge is -2.25. The average Bonchev–Trinajstić information content (AvgIpc) is 3.40. The smallest absolute Gasteiger partial charge is 0.387 e. The molecule has 8 heteroatoms. The van der Waals surface area contributed by atoms with Crippen LogP contribution < -0.4 is 14.8 Å². The predicted octanol–water partition coefficient (Wildman–Crippen LogP) is 2.54. The molecule has 0 saturated heterocycles. The molecular weight excluding hydrogens is 344 g/mol. The zero-order valence-electron chi connectivity index (χ0n) is 15.1. The summed E-state index contributed by atoms with van der Waals surface area (Å²) in [7, 11) is 3.13. The van der Waals surface area contributed by atoms with Crippen LogP contribution in [0.5, 0.6) is 11.5 Å². The van der Waals surface area contributed by atoms with Crippen molar-refractivity contribution < 1.29 is 23.0 Å². The van der Waals surface area contributed by atoms with Crippen molar-refractivity contribution in [2.24, 2.45) is 5.92 Å². The summed E-state index contributed by atoms with van der Waals surface area (Å²) < 4.78 is 34.2. The number of ether oxygens (including phenoxy) is 2. The molecule has 1 amide bonds. The Hall–Kier alpha value is -2.40. The van der Waals surface area contributed by atoms with Gasteiger partial charge in [-0.05, 0) is 50.4 Å². The molecule has 1 N–H and O–H groups in total. The Balaban J connectivity index is 1.93. The average molecular weight is 367 g/mol. The standard InChI is InChI=1S/C18H23F2N3O3/c1-18(11-21,13-5-6-13)22-16(24)10-23(2)9-12-4-7-14(26-17(19)20)15(8-12)25-3/h4,7-8,13,17H,5-6,9-10H2,1-3H3,(H,22,24)/t18-/m1/s1. The van der Waals surface area contributed by atoms with Crippen LogP contribution in [0.25, 0.3) is 0 Å². The second-order valence-electron chi connectivity index (χ2n) is 6.67. The summed E-state index contributed by atoms with van der Waals surface area (Å²) in [4.78, 5) is 14.0. The highest BCUT2D eigenvalue weighted by molar-refractivity contribution is 5.79. The Bertz CT molecular complexity index is 689. The van der Waals surface area contributed by atoms with Gasteiger partial charge in [0.25, 0.3) is 0 Å². The Morgan fingerprint density at radius 3 is 2.69 bits per heavy atom. The number of methoxy groups -OCH3 is 1. The molecular formula is C18H23F2N3O3. The van der Waals surface area contributed by atoms with Gasteiger partial charge < -0.3 is 14.8 Å². The van der Waals surface area contributed by atoms with E-state index in [1.54, 1.807) is 31.0 Å². The van der Waals surface area contributed by atoms with Gasteiger partial charge in [0.2, 0.25) is 5.91 Å². The third-order valence-corrected chi connectivity index (χ3v) is 4.34. The summed E-state index contributed by atoms with van der Waals surface area (Å²) >= 11 is 0. The normalized spacial score (nSPS) is 16.1. The van der Waals surface area contributed by atoms with Gasteiger partial charge >= 0.3 is 6.61 Å². The number of nitriles is 1. The topological polar surface area (TPSA) is 74.6 Å². The molecule has 0 heterocycles. The van der Waals surface area contributed by atoms with Crippen molar-refractivity contribution in [1.29, 1.82) is 5.26 Å². The molecule has 6 nitrogen and oxygen atoms in total. The van der Waals surface area contributed by atoms with Crippen molar-refractivity contribution in [2.75, 3.05) is 20.7 Å². The van der Waals surface area contributed by atoms with E-state index in [4.69, 9.17) is 4.74 Å². The van der Waals surface area contributed by atoms with Gasteiger partial charge in [-0.2, -0.15) is 14.0 Å². The third-order valence-electron chi connectivity index (χ3n) is 4.34. The van der Waals surface area contributed by atoms with E-state index in [1.807, 2.05) is 0 Å². The highest BCUT2D eigenvalue weighted by atomic mass is 19.3. The van der Waals surface area contributed by atoms with E-state index in [9.17, 15) is 18.8 Å². The molecule has 0 aliphatic heterocycles. The van der Waals surface area contributed by atoms with Crippen LogP contribution in [0, 0.1) is 17.2 Å². The molecule has 1 atom stereocenters. The second kappa shape index (κ2) is 8.32. The summed E-state index contributed by atoms with van der Waals surface area (Å²) in [5.41, 5.74) is -0.0425. The number of halogens is 2. The van der Waals surface area contributed by atoms with E-state index in [0.717, 1.165) is 18.4 Å². The number of hydrogen-bond donors (Lipinski definition) is 1. The molecule has 142 valence electrons. The van der Waals surface area contributed by atoms with Crippen molar-refractivity contribution in [3.05, 3.63) is 23.8 Å². The lowest BCUT2D eigenvalue weighted by atomic mass is 9.98. The van der Waals surface area contributed by atoms with Crippen molar-refractivity contribution >= 4 is 5.91 Å². The summed E-state index contributed by atoms with van der Waals surface area (Å²) in [6, 6.07) is 6.83. The van der Waals surface area contributed by atoms with Crippen LogP contribution in [0.3, 0.4) is 0 Å². The minimum atomic E-state index is -2.93. The number of hydrogen-bond acceptors (Lipinski definition) is 5. The van der Waals surface area contributed by atoms with Gasteiger partial charge in [0, 0.05) is 6.54 Å². The van der Waals surface area contributed by atoms with Gasteiger partial charge in [-0.1, -0.05) is 6.07 Å².